The second-order valence-electron chi connectivity index (χ2n) is 5.97. The van der Waals surface area contributed by atoms with Gasteiger partial charge in [-0.3, -0.25) is 4.79 Å². The SMILES string of the molecule is C[NH+](CC(=O)Nc1ccc(Cl)cc1)Cc1cc(Cl)c2c(c1)OCCO2. The maximum atomic E-state index is 12.2. The Morgan fingerprint density at radius 3 is 2.64 bits per heavy atom. The summed E-state index contributed by atoms with van der Waals surface area (Å²) in [6.45, 7) is 1.99. The Hall–Kier alpha value is -1.95. The number of carbonyl (C=O) groups excluding carboxylic acids is 1. The predicted octanol–water partition coefficient (Wildman–Crippen LogP) is 2.42. The van der Waals surface area contributed by atoms with Crippen molar-refractivity contribution in [3.8, 4) is 11.5 Å². The molecule has 1 aliphatic heterocycles. The standard InChI is InChI=1S/C18H18Cl2N2O3/c1-22(11-17(23)21-14-4-2-13(19)3-5-14)10-12-8-15(20)18-16(9-12)24-6-7-25-18/h2-5,8-9H,6-7,10-11H2,1H3,(H,21,23)/p+1. The summed E-state index contributed by atoms with van der Waals surface area (Å²) in [4.78, 5) is 13.2. The molecule has 2 aromatic carbocycles. The molecule has 0 radical (unpaired) electrons. The zero-order chi connectivity index (χ0) is 17.8. The number of rotatable bonds is 5. The maximum Gasteiger partial charge on any atom is 0.279 e. The second-order valence-corrected chi connectivity index (χ2v) is 6.81. The van der Waals surface area contributed by atoms with Crippen LogP contribution in [0.4, 0.5) is 5.69 Å². The molecule has 2 aromatic rings. The fourth-order valence-corrected chi connectivity index (χ4v) is 3.10. The summed E-state index contributed by atoms with van der Waals surface area (Å²) in [7, 11) is 1.95. The van der Waals surface area contributed by atoms with Gasteiger partial charge < -0.3 is 19.7 Å². The molecular weight excluding hydrogens is 363 g/mol. The molecule has 25 heavy (non-hydrogen) atoms. The van der Waals surface area contributed by atoms with Crippen LogP contribution in [-0.4, -0.2) is 32.7 Å². The number of benzene rings is 2. The lowest BCUT2D eigenvalue weighted by atomic mass is 10.2. The molecule has 1 heterocycles. The van der Waals surface area contributed by atoms with Crippen molar-refractivity contribution in [2.24, 2.45) is 0 Å². The van der Waals surface area contributed by atoms with E-state index in [1.165, 1.54) is 0 Å². The summed E-state index contributed by atoms with van der Waals surface area (Å²) in [6.07, 6.45) is 0. The van der Waals surface area contributed by atoms with E-state index in [1.807, 2.05) is 19.2 Å². The van der Waals surface area contributed by atoms with Crippen molar-refractivity contribution in [3.63, 3.8) is 0 Å². The number of hydrogen-bond acceptors (Lipinski definition) is 3. The van der Waals surface area contributed by atoms with E-state index >= 15 is 0 Å². The lowest BCUT2D eigenvalue weighted by Crippen LogP contribution is -3.08. The van der Waals surface area contributed by atoms with E-state index in [0.29, 0.717) is 47.8 Å². The first kappa shape index (κ1) is 17.9. The average molecular weight is 382 g/mol. The molecule has 0 fully saturated rings. The lowest BCUT2D eigenvalue weighted by Gasteiger charge is -2.21. The summed E-state index contributed by atoms with van der Waals surface area (Å²) in [5, 5.41) is 4.03. The first-order valence-corrected chi connectivity index (χ1v) is 8.71. The maximum absolute atomic E-state index is 12.2. The Morgan fingerprint density at radius 1 is 1.16 bits per heavy atom. The Kier molecular flexibility index (Phi) is 5.68. The van der Waals surface area contributed by atoms with E-state index in [1.54, 1.807) is 24.3 Å². The third-order valence-electron chi connectivity index (χ3n) is 3.75. The van der Waals surface area contributed by atoms with Crippen LogP contribution < -0.4 is 19.7 Å². The van der Waals surface area contributed by atoms with Crippen molar-refractivity contribution < 1.29 is 19.2 Å². The van der Waals surface area contributed by atoms with Crippen LogP contribution in [-0.2, 0) is 11.3 Å². The minimum atomic E-state index is -0.0662. The largest absolute Gasteiger partial charge is 0.486 e. The molecule has 0 aliphatic carbocycles. The Labute approximate surface area is 156 Å². The molecule has 0 aromatic heterocycles. The minimum Gasteiger partial charge on any atom is -0.486 e. The quantitative estimate of drug-likeness (QED) is 0.835. The number of carbonyl (C=O) groups is 1. The van der Waals surface area contributed by atoms with Crippen molar-refractivity contribution in [1.29, 1.82) is 0 Å². The van der Waals surface area contributed by atoms with Crippen LogP contribution in [0, 0.1) is 0 Å². The highest BCUT2D eigenvalue weighted by Crippen LogP contribution is 2.38. The van der Waals surface area contributed by atoms with Crippen LogP contribution in [0.5, 0.6) is 11.5 Å². The van der Waals surface area contributed by atoms with Crippen LogP contribution in [0.2, 0.25) is 10.0 Å². The van der Waals surface area contributed by atoms with E-state index in [9.17, 15) is 4.79 Å². The van der Waals surface area contributed by atoms with Gasteiger partial charge >= 0.3 is 0 Å². The third-order valence-corrected chi connectivity index (χ3v) is 4.29. The molecule has 1 unspecified atom stereocenters. The summed E-state index contributed by atoms with van der Waals surface area (Å²) >= 11 is 12.1. The van der Waals surface area contributed by atoms with E-state index in [0.717, 1.165) is 16.2 Å². The van der Waals surface area contributed by atoms with Gasteiger partial charge in [0, 0.05) is 16.3 Å². The zero-order valence-corrected chi connectivity index (χ0v) is 15.3. The van der Waals surface area contributed by atoms with Gasteiger partial charge in [-0.1, -0.05) is 23.2 Å². The number of nitrogens with one attached hydrogen (secondary N) is 2. The number of ether oxygens (including phenoxy) is 2. The molecule has 0 saturated heterocycles. The summed E-state index contributed by atoms with van der Waals surface area (Å²) < 4.78 is 11.1. The van der Waals surface area contributed by atoms with Crippen molar-refractivity contribution in [2.75, 3.05) is 32.1 Å². The van der Waals surface area contributed by atoms with Crippen molar-refractivity contribution >= 4 is 34.8 Å². The van der Waals surface area contributed by atoms with E-state index < -0.39 is 0 Å². The van der Waals surface area contributed by atoms with Gasteiger partial charge in [-0.15, -0.1) is 0 Å². The monoisotopic (exact) mass is 381 g/mol. The van der Waals surface area contributed by atoms with E-state index in [2.05, 4.69) is 5.32 Å². The Morgan fingerprint density at radius 2 is 1.88 bits per heavy atom. The fourth-order valence-electron chi connectivity index (χ4n) is 2.69. The van der Waals surface area contributed by atoms with Crippen LogP contribution in [0.15, 0.2) is 36.4 Å². The van der Waals surface area contributed by atoms with Gasteiger partial charge in [-0.25, -0.2) is 0 Å². The van der Waals surface area contributed by atoms with Gasteiger partial charge in [-0.2, -0.15) is 0 Å². The molecule has 1 atom stereocenters. The smallest absolute Gasteiger partial charge is 0.279 e. The molecule has 0 spiro atoms. The van der Waals surface area contributed by atoms with Crippen molar-refractivity contribution in [3.05, 3.63) is 52.0 Å². The number of likely N-dealkylation sites (N-methyl/N-ethyl adjacent to an activating group) is 1. The number of hydrogen-bond donors (Lipinski definition) is 2. The second kappa shape index (κ2) is 7.95. The minimum absolute atomic E-state index is 0.0662. The number of amides is 1. The molecule has 0 saturated carbocycles. The zero-order valence-electron chi connectivity index (χ0n) is 13.8. The molecule has 2 N–H and O–H groups in total. The van der Waals surface area contributed by atoms with E-state index in [-0.39, 0.29) is 5.91 Å². The molecular formula is C18H19Cl2N2O3+. The average Bonchev–Trinajstić information content (AvgIpc) is 2.57. The molecule has 7 heteroatoms. The summed E-state index contributed by atoms with van der Waals surface area (Å²) in [5.41, 5.74) is 1.72. The topological polar surface area (TPSA) is 52.0 Å². The fraction of sp³-hybridized carbons (Fsp3) is 0.278. The summed E-state index contributed by atoms with van der Waals surface area (Å²) in [5.74, 6) is 1.19. The van der Waals surface area contributed by atoms with E-state index in [4.69, 9.17) is 32.7 Å². The highest BCUT2D eigenvalue weighted by molar-refractivity contribution is 6.32. The number of fused-ring (bicyclic) bond motifs is 1. The number of anilines is 1. The van der Waals surface area contributed by atoms with Crippen LogP contribution >= 0.6 is 23.2 Å². The van der Waals surface area contributed by atoms with Gasteiger partial charge in [-0.05, 0) is 36.4 Å². The molecule has 3 rings (SSSR count). The first-order valence-electron chi connectivity index (χ1n) is 7.96. The normalized spacial score (nSPS) is 14.0. The summed E-state index contributed by atoms with van der Waals surface area (Å²) in [6, 6.07) is 10.8. The van der Waals surface area contributed by atoms with Gasteiger partial charge in [0.2, 0.25) is 0 Å². The highest BCUT2D eigenvalue weighted by Gasteiger charge is 2.18. The molecule has 132 valence electrons. The van der Waals surface area contributed by atoms with Gasteiger partial charge in [0.15, 0.2) is 18.0 Å². The molecule has 1 amide bonds. The first-order chi connectivity index (χ1) is 12.0. The van der Waals surface area contributed by atoms with Gasteiger partial charge in [0.05, 0.1) is 12.1 Å². The number of halogens is 2. The van der Waals surface area contributed by atoms with Gasteiger partial charge in [0.1, 0.15) is 19.8 Å². The van der Waals surface area contributed by atoms with Crippen LogP contribution in [0.25, 0.3) is 0 Å². The van der Waals surface area contributed by atoms with Gasteiger partial charge in [0.25, 0.3) is 5.91 Å². The molecule has 0 bridgehead atoms. The third kappa shape index (κ3) is 4.78. The van der Waals surface area contributed by atoms with Crippen molar-refractivity contribution in [2.45, 2.75) is 6.54 Å². The molecule has 1 aliphatic rings. The predicted molar refractivity (Wildman–Crippen MR) is 98.0 cm³/mol. The Balaban J connectivity index is 1.58. The lowest BCUT2D eigenvalue weighted by molar-refractivity contribution is -0.885. The van der Waals surface area contributed by atoms with Crippen LogP contribution in [0.1, 0.15) is 5.56 Å². The number of quaternary nitrogens is 1. The highest BCUT2D eigenvalue weighted by atomic mass is 35.5. The Bertz CT molecular complexity index is 766. The molecule has 5 nitrogen and oxygen atoms in total. The van der Waals surface area contributed by atoms with Crippen molar-refractivity contribution in [1.82, 2.24) is 0 Å². The van der Waals surface area contributed by atoms with Crippen LogP contribution in [0.3, 0.4) is 0 Å².